The van der Waals surface area contributed by atoms with Gasteiger partial charge in [0.2, 0.25) is 0 Å². The van der Waals surface area contributed by atoms with Gasteiger partial charge in [0.25, 0.3) is 5.91 Å². The van der Waals surface area contributed by atoms with E-state index >= 15 is 0 Å². The predicted octanol–water partition coefficient (Wildman–Crippen LogP) is 4.75. The van der Waals surface area contributed by atoms with Gasteiger partial charge in [0.15, 0.2) is 17.3 Å². The SMILES string of the molecule is COc1ccc(C(=O)Nc2ccc(-c3ccccc3)c3c2C(=O)CC3)cc1OC. The maximum Gasteiger partial charge on any atom is 0.255 e. The van der Waals surface area contributed by atoms with Crippen LogP contribution in [0.3, 0.4) is 0 Å². The molecule has 1 aliphatic rings. The number of anilines is 1. The van der Waals surface area contributed by atoms with Crippen LogP contribution in [0.2, 0.25) is 0 Å². The number of ether oxygens (including phenoxy) is 2. The van der Waals surface area contributed by atoms with Crippen molar-refractivity contribution in [3.63, 3.8) is 0 Å². The van der Waals surface area contributed by atoms with Crippen molar-refractivity contribution in [1.82, 2.24) is 0 Å². The molecule has 29 heavy (non-hydrogen) atoms. The highest BCUT2D eigenvalue weighted by atomic mass is 16.5. The van der Waals surface area contributed by atoms with E-state index in [0.717, 1.165) is 16.7 Å². The van der Waals surface area contributed by atoms with Gasteiger partial charge in [-0.3, -0.25) is 9.59 Å². The highest BCUT2D eigenvalue weighted by Gasteiger charge is 2.27. The van der Waals surface area contributed by atoms with E-state index < -0.39 is 0 Å². The second-order valence-corrected chi connectivity index (χ2v) is 6.83. The summed E-state index contributed by atoms with van der Waals surface area (Å²) in [5.41, 5.74) is 4.68. The number of ketones is 1. The van der Waals surface area contributed by atoms with E-state index in [-0.39, 0.29) is 11.7 Å². The Bertz CT molecular complexity index is 1090. The average molecular weight is 387 g/mol. The average Bonchev–Trinajstić information content (AvgIpc) is 3.16. The van der Waals surface area contributed by atoms with E-state index in [0.29, 0.717) is 41.2 Å². The second-order valence-electron chi connectivity index (χ2n) is 6.83. The summed E-state index contributed by atoms with van der Waals surface area (Å²) in [6.07, 6.45) is 1.14. The Morgan fingerprint density at radius 1 is 0.897 bits per heavy atom. The van der Waals surface area contributed by atoms with Crippen LogP contribution in [0.15, 0.2) is 60.7 Å². The van der Waals surface area contributed by atoms with Crippen LogP contribution in [0.5, 0.6) is 11.5 Å². The molecule has 0 atom stereocenters. The van der Waals surface area contributed by atoms with Crippen LogP contribution in [0, 0.1) is 0 Å². The van der Waals surface area contributed by atoms with E-state index in [2.05, 4.69) is 5.32 Å². The molecule has 3 aromatic carbocycles. The number of fused-ring (bicyclic) bond motifs is 1. The molecule has 5 heteroatoms. The third-order valence-electron chi connectivity index (χ3n) is 5.17. The molecule has 146 valence electrons. The first-order valence-corrected chi connectivity index (χ1v) is 9.40. The van der Waals surface area contributed by atoms with Crippen LogP contribution in [-0.4, -0.2) is 25.9 Å². The number of benzene rings is 3. The third kappa shape index (κ3) is 3.47. The van der Waals surface area contributed by atoms with Crippen LogP contribution in [0.1, 0.15) is 32.7 Å². The number of amides is 1. The minimum absolute atomic E-state index is 0.0559. The zero-order chi connectivity index (χ0) is 20.4. The van der Waals surface area contributed by atoms with Gasteiger partial charge in [0, 0.05) is 17.5 Å². The number of methoxy groups -OCH3 is 2. The molecule has 0 aromatic heterocycles. The van der Waals surface area contributed by atoms with Gasteiger partial charge in [0.05, 0.1) is 19.9 Å². The normalized spacial score (nSPS) is 12.4. The lowest BCUT2D eigenvalue weighted by atomic mass is 9.95. The summed E-state index contributed by atoms with van der Waals surface area (Å²) in [7, 11) is 3.06. The number of carbonyl (C=O) groups is 2. The number of hydrogen-bond donors (Lipinski definition) is 1. The minimum atomic E-state index is -0.305. The molecule has 3 aromatic rings. The number of carbonyl (C=O) groups excluding carboxylic acids is 2. The molecule has 0 bridgehead atoms. The summed E-state index contributed by atoms with van der Waals surface area (Å²) in [5.74, 6) is 0.772. The van der Waals surface area contributed by atoms with Crippen LogP contribution < -0.4 is 14.8 Å². The third-order valence-corrected chi connectivity index (χ3v) is 5.17. The summed E-state index contributed by atoms with van der Waals surface area (Å²) in [6, 6.07) is 18.7. The lowest BCUT2D eigenvalue weighted by Gasteiger charge is -2.14. The fourth-order valence-electron chi connectivity index (χ4n) is 3.75. The van der Waals surface area contributed by atoms with E-state index in [1.165, 1.54) is 7.11 Å². The maximum atomic E-state index is 12.8. The molecule has 1 aliphatic carbocycles. The van der Waals surface area contributed by atoms with Crippen molar-refractivity contribution in [3.8, 4) is 22.6 Å². The first kappa shape index (κ1) is 18.7. The van der Waals surface area contributed by atoms with Gasteiger partial charge in [0.1, 0.15) is 0 Å². The van der Waals surface area contributed by atoms with Gasteiger partial charge in [-0.15, -0.1) is 0 Å². The molecule has 0 unspecified atom stereocenters. The van der Waals surface area contributed by atoms with Gasteiger partial charge in [-0.25, -0.2) is 0 Å². The first-order valence-electron chi connectivity index (χ1n) is 9.40. The van der Waals surface area contributed by atoms with E-state index in [1.807, 2.05) is 42.5 Å². The summed E-state index contributed by atoms with van der Waals surface area (Å²) >= 11 is 0. The molecule has 4 rings (SSSR count). The Kier molecular flexibility index (Phi) is 5.04. The molecule has 0 saturated carbocycles. The molecule has 0 aliphatic heterocycles. The Morgan fingerprint density at radius 2 is 1.66 bits per heavy atom. The van der Waals surface area contributed by atoms with Crippen molar-refractivity contribution in [3.05, 3.63) is 77.4 Å². The molecule has 1 amide bonds. The standard InChI is InChI=1S/C24H21NO4/c1-28-21-13-8-16(14-22(21)29-2)24(27)25-19-11-9-17(15-6-4-3-5-7-15)18-10-12-20(26)23(18)19/h3-9,11,13-14H,10,12H2,1-2H3,(H,25,27). The van der Waals surface area contributed by atoms with Crippen LogP contribution in [-0.2, 0) is 6.42 Å². The Balaban J connectivity index is 1.69. The summed E-state index contributed by atoms with van der Waals surface area (Å²) in [4.78, 5) is 25.4. The zero-order valence-electron chi connectivity index (χ0n) is 16.3. The fourth-order valence-corrected chi connectivity index (χ4v) is 3.75. The Hall–Kier alpha value is -3.60. The Labute approximate surface area is 169 Å². The van der Waals surface area contributed by atoms with E-state index in [9.17, 15) is 9.59 Å². The summed E-state index contributed by atoms with van der Waals surface area (Å²) in [5, 5.41) is 2.90. The first-order chi connectivity index (χ1) is 14.1. The smallest absolute Gasteiger partial charge is 0.255 e. The zero-order valence-corrected chi connectivity index (χ0v) is 16.3. The van der Waals surface area contributed by atoms with Crippen molar-refractivity contribution in [1.29, 1.82) is 0 Å². The number of nitrogens with one attached hydrogen (secondary N) is 1. The highest BCUT2D eigenvalue weighted by molar-refractivity contribution is 6.12. The Morgan fingerprint density at radius 3 is 2.38 bits per heavy atom. The van der Waals surface area contributed by atoms with Crippen LogP contribution >= 0.6 is 0 Å². The lowest BCUT2D eigenvalue weighted by Crippen LogP contribution is -2.14. The quantitative estimate of drug-likeness (QED) is 0.686. The molecule has 0 heterocycles. The predicted molar refractivity (Wildman–Crippen MR) is 112 cm³/mol. The second kappa shape index (κ2) is 7.80. The van der Waals surface area contributed by atoms with Gasteiger partial charge >= 0.3 is 0 Å². The van der Waals surface area contributed by atoms with Crippen molar-refractivity contribution in [2.45, 2.75) is 12.8 Å². The summed E-state index contributed by atoms with van der Waals surface area (Å²) < 4.78 is 10.5. The largest absolute Gasteiger partial charge is 0.493 e. The number of rotatable bonds is 5. The van der Waals surface area contributed by atoms with E-state index in [4.69, 9.17) is 9.47 Å². The van der Waals surface area contributed by atoms with Gasteiger partial charge in [-0.1, -0.05) is 36.4 Å². The molecular weight excluding hydrogens is 366 g/mol. The van der Waals surface area contributed by atoms with Crippen LogP contribution in [0.4, 0.5) is 5.69 Å². The highest BCUT2D eigenvalue weighted by Crippen LogP contribution is 2.37. The van der Waals surface area contributed by atoms with Gasteiger partial charge in [-0.05, 0) is 47.4 Å². The molecule has 1 N–H and O–H groups in total. The minimum Gasteiger partial charge on any atom is -0.493 e. The van der Waals surface area contributed by atoms with Crippen LogP contribution in [0.25, 0.3) is 11.1 Å². The van der Waals surface area contributed by atoms with E-state index in [1.54, 1.807) is 25.3 Å². The molecule has 5 nitrogen and oxygen atoms in total. The lowest BCUT2D eigenvalue weighted by molar-refractivity contribution is 0.0995. The molecule has 0 spiro atoms. The molecule has 0 fully saturated rings. The topological polar surface area (TPSA) is 64.6 Å². The molecule has 0 radical (unpaired) electrons. The maximum absolute atomic E-state index is 12.8. The summed E-state index contributed by atoms with van der Waals surface area (Å²) in [6.45, 7) is 0. The monoisotopic (exact) mass is 387 g/mol. The number of hydrogen-bond acceptors (Lipinski definition) is 4. The van der Waals surface area contributed by atoms with Crippen molar-refractivity contribution < 1.29 is 19.1 Å². The molecule has 0 saturated heterocycles. The van der Waals surface area contributed by atoms with Gasteiger partial charge < -0.3 is 14.8 Å². The van der Waals surface area contributed by atoms with Crippen molar-refractivity contribution in [2.75, 3.05) is 19.5 Å². The van der Waals surface area contributed by atoms with Crippen molar-refractivity contribution in [2.24, 2.45) is 0 Å². The molecular formula is C24H21NO4. The van der Waals surface area contributed by atoms with Crippen molar-refractivity contribution >= 4 is 17.4 Å². The fraction of sp³-hybridized carbons (Fsp3) is 0.167. The van der Waals surface area contributed by atoms with Gasteiger partial charge in [-0.2, -0.15) is 0 Å². The number of Topliss-reactive ketones (excluding diaryl/α,β-unsaturated/α-hetero) is 1.